The minimum absolute atomic E-state index is 0.0870. The number of pyridine rings is 1. The lowest BCUT2D eigenvalue weighted by molar-refractivity contribution is -0.126. The molecule has 3 rings (SSSR count). The molecule has 4 nitrogen and oxygen atoms in total. The zero-order chi connectivity index (χ0) is 13.9. The van der Waals surface area contributed by atoms with Crippen molar-refractivity contribution in [3.63, 3.8) is 0 Å². The van der Waals surface area contributed by atoms with Crippen LogP contribution >= 0.6 is 23.1 Å². The van der Waals surface area contributed by atoms with E-state index in [-0.39, 0.29) is 5.91 Å². The molecular weight excluding hydrogens is 290 g/mol. The number of hydrogen-bond donors (Lipinski definition) is 0. The van der Waals surface area contributed by atoms with Crippen LogP contribution < -0.4 is 0 Å². The third-order valence-corrected chi connectivity index (χ3v) is 4.84. The molecule has 0 atom stereocenters. The SMILES string of the molecule is CC(=O)N1CCS/C1=C/c1csc(-c2cccnc2)n1. The third kappa shape index (κ3) is 2.76. The molecule has 1 aliphatic heterocycles. The highest BCUT2D eigenvalue weighted by molar-refractivity contribution is 8.03. The van der Waals surface area contributed by atoms with Crippen LogP contribution in [0.15, 0.2) is 34.9 Å². The summed E-state index contributed by atoms with van der Waals surface area (Å²) in [5, 5.41) is 3.94. The van der Waals surface area contributed by atoms with Gasteiger partial charge in [0.05, 0.1) is 10.7 Å². The van der Waals surface area contributed by atoms with Crippen LogP contribution in [0.3, 0.4) is 0 Å². The normalized spacial score (nSPS) is 16.9. The molecule has 0 saturated carbocycles. The number of rotatable bonds is 2. The molecule has 6 heteroatoms. The Kier molecular flexibility index (Phi) is 3.84. The highest BCUT2D eigenvalue weighted by Crippen LogP contribution is 2.31. The molecule has 2 aromatic rings. The van der Waals surface area contributed by atoms with E-state index in [4.69, 9.17) is 0 Å². The lowest BCUT2D eigenvalue weighted by Crippen LogP contribution is -2.23. The Hall–Kier alpha value is -1.66. The molecule has 0 aromatic carbocycles. The average molecular weight is 303 g/mol. The quantitative estimate of drug-likeness (QED) is 0.855. The number of carbonyl (C=O) groups is 1. The molecule has 20 heavy (non-hydrogen) atoms. The van der Waals surface area contributed by atoms with Crippen molar-refractivity contribution < 1.29 is 4.79 Å². The second-order valence-electron chi connectivity index (χ2n) is 4.32. The summed E-state index contributed by atoms with van der Waals surface area (Å²) in [7, 11) is 0. The molecule has 1 fully saturated rings. The van der Waals surface area contributed by atoms with Gasteiger partial charge in [-0.15, -0.1) is 23.1 Å². The second-order valence-corrected chi connectivity index (χ2v) is 6.29. The minimum atomic E-state index is 0.0870. The average Bonchev–Trinajstić information content (AvgIpc) is 3.09. The predicted octanol–water partition coefficient (Wildman–Crippen LogP) is 3.10. The van der Waals surface area contributed by atoms with Gasteiger partial charge in [0.1, 0.15) is 5.01 Å². The van der Waals surface area contributed by atoms with Crippen molar-refractivity contribution in [1.82, 2.24) is 14.9 Å². The molecule has 1 amide bonds. The van der Waals surface area contributed by atoms with Crippen molar-refractivity contribution in [3.05, 3.63) is 40.6 Å². The van der Waals surface area contributed by atoms with E-state index < -0.39 is 0 Å². The Labute approximate surface area is 125 Å². The molecule has 0 bridgehead atoms. The van der Waals surface area contributed by atoms with Gasteiger partial charge in [-0.05, 0) is 18.2 Å². The molecule has 0 radical (unpaired) electrons. The van der Waals surface area contributed by atoms with Gasteiger partial charge in [-0.3, -0.25) is 9.78 Å². The van der Waals surface area contributed by atoms with Gasteiger partial charge < -0.3 is 4.90 Å². The molecule has 2 aromatic heterocycles. The summed E-state index contributed by atoms with van der Waals surface area (Å²) in [5.74, 6) is 1.04. The Balaban J connectivity index is 1.86. The fourth-order valence-electron chi connectivity index (χ4n) is 1.96. The van der Waals surface area contributed by atoms with Gasteiger partial charge in [0.15, 0.2) is 0 Å². The monoisotopic (exact) mass is 303 g/mol. The van der Waals surface area contributed by atoms with Crippen LogP contribution in [0, 0.1) is 0 Å². The Morgan fingerprint density at radius 2 is 2.40 bits per heavy atom. The first-order valence-electron chi connectivity index (χ1n) is 6.22. The van der Waals surface area contributed by atoms with E-state index >= 15 is 0 Å². The number of thiazole rings is 1. The maximum atomic E-state index is 11.5. The van der Waals surface area contributed by atoms with Crippen molar-refractivity contribution in [2.45, 2.75) is 6.92 Å². The lowest BCUT2D eigenvalue weighted by Gasteiger charge is -2.13. The zero-order valence-corrected chi connectivity index (χ0v) is 12.6. The van der Waals surface area contributed by atoms with E-state index in [0.717, 1.165) is 33.6 Å². The van der Waals surface area contributed by atoms with Gasteiger partial charge in [0, 0.05) is 42.6 Å². The Morgan fingerprint density at radius 1 is 1.50 bits per heavy atom. The molecule has 0 spiro atoms. The smallest absolute Gasteiger partial charge is 0.224 e. The van der Waals surface area contributed by atoms with E-state index in [1.807, 2.05) is 29.8 Å². The summed E-state index contributed by atoms with van der Waals surface area (Å²) in [6.45, 7) is 2.38. The van der Waals surface area contributed by atoms with Gasteiger partial charge in [-0.25, -0.2) is 4.98 Å². The molecule has 3 heterocycles. The van der Waals surface area contributed by atoms with Crippen LogP contribution in [0.2, 0.25) is 0 Å². The first-order valence-corrected chi connectivity index (χ1v) is 8.09. The van der Waals surface area contributed by atoms with Gasteiger partial charge in [0.25, 0.3) is 0 Å². The fourth-order valence-corrected chi connectivity index (χ4v) is 3.79. The highest BCUT2D eigenvalue weighted by atomic mass is 32.2. The van der Waals surface area contributed by atoms with Gasteiger partial charge in [-0.2, -0.15) is 0 Å². The van der Waals surface area contributed by atoms with Gasteiger partial charge in [0.2, 0.25) is 5.91 Å². The summed E-state index contributed by atoms with van der Waals surface area (Å²) in [6, 6.07) is 3.90. The topological polar surface area (TPSA) is 46.1 Å². The summed E-state index contributed by atoms with van der Waals surface area (Å²) in [6.07, 6.45) is 5.54. The van der Waals surface area contributed by atoms with Crippen molar-refractivity contribution >= 4 is 35.1 Å². The van der Waals surface area contributed by atoms with Crippen molar-refractivity contribution in [2.24, 2.45) is 0 Å². The highest BCUT2D eigenvalue weighted by Gasteiger charge is 2.21. The van der Waals surface area contributed by atoms with Crippen LogP contribution in [0.25, 0.3) is 16.6 Å². The van der Waals surface area contributed by atoms with Crippen LogP contribution in [0.1, 0.15) is 12.6 Å². The molecule has 102 valence electrons. The van der Waals surface area contributed by atoms with E-state index in [1.165, 1.54) is 0 Å². The minimum Gasteiger partial charge on any atom is -0.306 e. The summed E-state index contributed by atoms with van der Waals surface area (Å²) >= 11 is 3.28. The van der Waals surface area contributed by atoms with E-state index in [2.05, 4.69) is 9.97 Å². The standard InChI is InChI=1S/C14H13N3OS2/c1-10(18)17-5-6-19-13(17)7-12-9-20-14(16-12)11-3-2-4-15-8-11/h2-4,7-9H,5-6H2,1H3/b13-7+. The number of aromatic nitrogens is 2. The van der Waals surface area contributed by atoms with E-state index in [0.29, 0.717) is 0 Å². The van der Waals surface area contributed by atoms with Gasteiger partial charge in [-0.1, -0.05) is 0 Å². The predicted molar refractivity (Wildman–Crippen MR) is 83.2 cm³/mol. The zero-order valence-electron chi connectivity index (χ0n) is 10.9. The Bertz CT molecular complexity index is 651. The van der Waals surface area contributed by atoms with E-state index in [9.17, 15) is 4.79 Å². The Morgan fingerprint density at radius 3 is 3.15 bits per heavy atom. The van der Waals surface area contributed by atoms with Crippen LogP contribution in [0.5, 0.6) is 0 Å². The summed E-state index contributed by atoms with van der Waals surface area (Å²) in [4.78, 5) is 22.0. The van der Waals surface area contributed by atoms with Crippen molar-refractivity contribution in [2.75, 3.05) is 12.3 Å². The first kappa shape index (κ1) is 13.3. The molecule has 1 aliphatic rings. The van der Waals surface area contributed by atoms with Crippen LogP contribution in [0.4, 0.5) is 0 Å². The number of hydrogen-bond acceptors (Lipinski definition) is 5. The van der Waals surface area contributed by atoms with Crippen molar-refractivity contribution in [3.8, 4) is 10.6 Å². The molecule has 0 aliphatic carbocycles. The molecular formula is C14H13N3OS2. The van der Waals surface area contributed by atoms with Gasteiger partial charge >= 0.3 is 0 Å². The second kappa shape index (κ2) is 5.76. The number of thioether (sulfide) groups is 1. The summed E-state index contributed by atoms with van der Waals surface area (Å²) < 4.78 is 0. The van der Waals surface area contributed by atoms with Crippen LogP contribution in [-0.2, 0) is 4.79 Å². The number of carbonyl (C=O) groups excluding carboxylic acids is 1. The molecule has 0 unspecified atom stereocenters. The molecule has 0 N–H and O–H groups in total. The fraction of sp³-hybridized carbons (Fsp3) is 0.214. The third-order valence-electron chi connectivity index (χ3n) is 2.91. The van der Waals surface area contributed by atoms with E-state index in [1.54, 1.807) is 41.1 Å². The first-order chi connectivity index (χ1) is 9.74. The van der Waals surface area contributed by atoms with Crippen molar-refractivity contribution in [1.29, 1.82) is 0 Å². The largest absolute Gasteiger partial charge is 0.306 e. The number of amides is 1. The maximum Gasteiger partial charge on any atom is 0.224 e. The number of nitrogens with zero attached hydrogens (tertiary/aromatic N) is 3. The molecule has 1 saturated heterocycles. The maximum absolute atomic E-state index is 11.5. The van der Waals surface area contributed by atoms with Crippen LogP contribution in [-0.4, -0.2) is 33.1 Å². The summed E-state index contributed by atoms with van der Waals surface area (Å²) in [5.41, 5.74) is 1.91. The lowest BCUT2D eigenvalue weighted by atomic mass is 10.3.